The number of anilines is 1. The maximum atomic E-state index is 13.7. The number of nitrogens with zero attached hydrogens (tertiary/aromatic N) is 3. The minimum Gasteiger partial charge on any atom is -0.392 e. The molecule has 4 rings (SSSR count). The molecule has 0 saturated heterocycles. The summed E-state index contributed by atoms with van der Waals surface area (Å²) in [5.41, 5.74) is 2.16. The summed E-state index contributed by atoms with van der Waals surface area (Å²) < 4.78 is 40.6. The average Bonchev–Trinajstić information content (AvgIpc) is 3.47. The molecule has 0 bridgehead atoms. The number of aromatic nitrogens is 2. The first-order valence-electron chi connectivity index (χ1n) is 14.1. The van der Waals surface area contributed by atoms with Gasteiger partial charge in [0.15, 0.2) is 0 Å². The second-order valence-corrected chi connectivity index (χ2v) is 12.8. The van der Waals surface area contributed by atoms with Gasteiger partial charge in [-0.05, 0) is 54.8 Å². The number of rotatable bonds is 13. The monoisotopic (exact) mass is 637 g/mol. The number of carbonyl (C=O) groups excluding carboxylic acids is 2. The SMILES string of the molecule is C[C@@H](NC(=O)c1cc(C(=O)N[C@@H](Cc2ccccc2)[C@@H](O)Cn2cc(CO)cn2)cc(N(C)S(C)(=O)=O)c1)c1ccc(F)cc1. The van der Waals surface area contributed by atoms with Crippen molar-refractivity contribution in [3.8, 4) is 0 Å². The molecule has 4 N–H and O–H groups in total. The number of nitrogens with one attached hydrogen (secondary N) is 2. The van der Waals surface area contributed by atoms with Crippen LogP contribution in [0.1, 0.15) is 50.4 Å². The number of aliphatic hydroxyl groups is 2. The van der Waals surface area contributed by atoms with Gasteiger partial charge >= 0.3 is 0 Å². The van der Waals surface area contributed by atoms with Gasteiger partial charge < -0.3 is 20.8 Å². The molecule has 4 aromatic rings. The highest BCUT2D eigenvalue weighted by Gasteiger charge is 2.25. The molecule has 3 atom stereocenters. The topological polar surface area (TPSA) is 154 Å². The molecule has 0 radical (unpaired) electrons. The zero-order valence-corrected chi connectivity index (χ0v) is 25.9. The van der Waals surface area contributed by atoms with E-state index in [4.69, 9.17) is 0 Å². The minimum atomic E-state index is -3.76. The molecule has 0 unspecified atom stereocenters. The number of halogens is 1. The van der Waals surface area contributed by atoms with Gasteiger partial charge in [-0.1, -0.05) is 42.5 Å². The molecule has 0 fully saturated rings. The molecular weight excluding hydrogens is 601 g/mol. The molecular formula is C32H36FN5O6S. The average molecular weight is 638 g/mol. The lowest BCUT2D eigenvalue weighted by atomic mass is 10.00. The number of hydrogen-bond donors (Lipinski definition) is 4. The van der Waals surface area contributed by atoms with Crippen molar-refractivity contribution in [1.29, 1.82) is 0 Å². The molecule has 3 aromatic carbocycles. The Morgan fingerprint density at radius 2 is 1.60 bits per heavy atom. The smallest absolute Gasteiger partial charge is 0.251 e. The molecule has 0 aliphatic carbocycles. The lowest BCUT2D eigenvalue weighted by Gasteiger charge is -2.25. The molecule has 45 heavy (non-hydrogen) atoms. The van der Waals surface area contributed by atoms with Crippen molar-refractivity contribution in [1.82, 2.24) is 20.4 Å². The van der Waals surface area contributed by atoms with Crippen LogP contribution in [0, 0.1) is 5.82 Å². The zero-order valence-electron chi connectivity index (χ0n) is 25.1. The third-order valence-electron chi connectivity index (χ3n) is 7.34. The van der Waals surface area contributed by atoms with Crippen molar-refractivity contribution in [2.75, 3.05) is 17.6 Å². The first kappa shape index (κ1) is 33.3. The van der Waals surface area contributed by atoms with Gasteiger partial charge in [-0.3, -0.25) is 18.6 Å². The van der Waals surface area contributed by atoms with Crippen LogP contribution >= 0.6 is 0 Å². The van der Waals surface area contributed by atoms with Crippen molar-refractivity contribution >= 4 is 27.5 Å². The fourth-order valence-electron chi connectivity index (χ4n) is 4.67. The van der Waals surface area contributed by atoms with Gasteiger partial charge in [-0.25, -0.2) is 12.8 Å². The van der Waals surface area contributed by atoms with Crippen LogP contribution in [0.2, 0.25) is 0 Å². The summed E-state index contributed by atoms with van der Waals surface area (Å²) in [6.07, 6.45) is 3.21. The summed E-state index contributed by atoms with van der Waals surface area (Å²) >= 11 is 0. The van der Waals surface area contributed by atoms with E-state index in [0.717, 1.165) is 16.1 Å². The van der Waals surface area contributed by atoms with E-state index in [9.17, 15) is 32.6 Å². The van der Waals surface area contributed by atoms with Gasteiger partial charge in [0.25, 0.3) is 11.8 Å². The number of amides is 2. The summed E-state index contributed by atoms with van der Waals surface area (Å²) in [5, 5.41) is 30.4. The minimum absolute atomic E-state index is 0.00509. The van der Waals surface area contributed by atoms with Crippen molar-refractivity contribution in [2.24, 2.45) is 0 Å². The van der Waals surface area contributed by atoms with Crippen LogP contribution in [-0.2, 0) is 29.6 Å². The van der Waals surface area contributed by atoms with E-state index in [-0.39, 0.29) is 36.4 Å². The molecule has 0 aliphatic rings. The number of aliphatic hydroxyl groups excluding tert-OH is 2. The quantitative estimate of drug-likeness (QED) is 0.176. The van der Waals surface area contributed by atoms with Crippen molar-refractivity contribution in [3.63, 3.8) is 0 Å². The van der Waals surface area contributed by atoms with Gasteiger partial charge in [0.1, 0.15) is 5.82 Å². The zero-order chi connectivity index (χ0) is 32.7. The Morgan fingerprint density at radius 3 is 2.18 bits per heavy atom. The van der Waals surface area contributed by atoms with Crippen LogP contribution in [0.4, 0.5) is 10.1 Å². The molecule has 238 valence electrons. The Kier molecular flexibility index (Phi) is 10.7. The normalized spacial score (nSPS) is 13.5. The number of benzene rings is 3. The predicted molar refractivity (Wildman–Crippen MR) is 168 cm³/mol. The Bertz CT molecular complexity index is 1730. The molecule has 0 saturated carbocycles. The van der Waals surface area contributed by atoms with Gasteiger partial charge in [0, 0.05) is 29.9 Å². The molecule has 2 amide bonds. The second kappa shape index (κ2) is 14.5. The molecule has 13 heteroatoms. The van der Waals surface area contributed by atoms with E-state index in [1.165, 1.54) is 48.3 Å². The van der Waals surface area contributed by atoms with E-state index in [2.05, 4.69) is 15.7 Å². The Hall–Kier alpha value is -4.59. The van der Waals surface area contributed by atoms with E-state index >= 15 is 0 Å². The van der Waals surface area contributed by atoms with Crippen LogP contribution in [0.25, 0.3) is 0 Å². The van der Waals surface area contributed by atoms with Crippen molar-refractivity contribution in [2.45, 2.75) is 44.7 Å². The summed E-state index contributed by atoms with van der Waals surface area (Å²) in [6.45, 7) is 1.52. The van der Waals surface area contributed by atoms with Crippen LogP contribution in [0.5, 0.6) is 0 Å². The highest BCUT2D eigenvalue weighted by Crippen LogP contribution is 2.23. The van der Waals surface area contributed by atoms with Gasteiger partial charge in [-0.15, -0.1) is 0 Å². The predicted octanol–water partition coefficient (Wildman–Crippen LogP) is 2.80. The van der Waals surface area contributed by atoms with Crippen molar-refractivity contribution < 1.29 is 32.6 Å². The van der Waals surface area contributed by atoms with E-state index < -0.39 is 45.8 Å². The van der Waals surface area contributed by atoms with Crippen LogP contribution in [0.3, 0.4) is 0 Å². The fraction of sp³-hybridized carbons (Fsp3) is 0.281. The maximum Gasteiger partial charge on any atom is 0.251 e. The molecule has 1 heterocycles. The Balaban J connectivity index is 1.64. The van der Waals surface area contributed by atoms with Gasteiger partial charge in [0.2, 0.25) is 10.0 Å². The van der Waals surface area contributed by atoms with Crippen LogP contribution in [-0.4, -0.2) is 65.7 Å². The summed E-state index contributed by atoms with van der Waals surface area (Å²) in [5.74, 6) is -1.64. The highest BCUT2D eigenvalue weighted by atomic mass is 32.2. The Morgan fingerprint density at radius 1 is 0.978 bits per heavy atom. The lowest BCUT2D eigenvalue weighted by molar-refractivity contribution is 0.0780. The van der Waals surface area contributed by atoms with Gasteiger partial charge in [-0.2, -0.15) is 5.10 Å². The first-order valence-corrected chi connectivity index (χ1v) is 16.0. The number of hydrogen-bond acceptors (Lipinski definition) is 7. The van der Waals surface area contributed by atoms with E-state index in [1.54, 1.807) is 25.3 Å². The first-order chi connectivity index (χ1) is 21.3. The third-order valence-corrected chi connectivity index (χ3v) is 8.55. The Labute approximate surface area is 261 Å². The molecule has 0 spiro atoms. The second-order valence-electron chi connectivity index (χ2n) is 10.8. The number of sulfonamides is 1. The maximum absolute atomic E-state index is 13.7. The summed E-state index contributed by atoms with van der Waals surface area (Å²) in [6, 6.07) is 17.6. The molecule has 1 aromatic heterocycles. The summed E-state index contributed by atoms with van der Waals surface area (Å²) in [4.78, 5) is 27.1. The largest absolute Gasteiger partial charge is 0.392 e. The van der Waals surface area contributed by atoms with Crippen molar-refractivity contribution in [3.05, 3.63) is 119 Å². The fourth-order valence-corrected chi connectivity index (χ4v) is 5.16. The molecule has 0 aliphatic heterocycles. The van der Waals surface area contributed by atoms with Crippen LogP contribution < -0.4 is 14.9 Å². The van der Waals surface area contributed by atoms with E-state index in [0.29, 0.717) is 11.1 Å². The molecule has 11 nitrogen and oxygen atoms in total. The standard InChI is InChI=1S/C32H36FN5O6S/c1-21(24-9-11-27(33)12-10-24)35-31(41)25-14-26(16-28(15-25)37(2)45(3,43)44)32(42)36-29(13-22-7-5-4-6-8-22)30(40)19-38-18-23(20-39)17-34-38/h4-12,14-18,21,29-30,39-40H,13,19-20H2,1-3H3,(H,35,41)(H,36,42)/t21-,29+,30+/m1/s1. The highest BCUT2D eigenvalue weighted by molar-refractivity contribution is 7.92. The van der Waals surface area contributed by atoms with Gasteiger partial charge in [0.05, 0.1) is 49.5 Å². The lowest BCUT2D eigenvalue weighted by Crippen LogP contribution is -2.46. The van der Waals surface area contributed by atoms with E-state index in [1.807, 2.05) is 30.3 Å². The third kappa shape index (κ3) is 8.97. The van der Waals surface area contributed by atoms with Crippen LogP contribution in [0.15, 0.2) is 85.2 Å². The number of carbonyl (C=O) groups is 2. The summed E-state index contributed by atoms with van der Waals surface area (Å²) in [7, 11) is -2.45.